The molecular formula is C52H32N4O. The first kappa shape index (κ1) is 31.6. The molecule has 0 radical (unpaired) electrons. The third-order valence-electron chi connectivity index (χ3n) is 11.3. The molecule has 0 aliphatic rings. The van der Waals surface area contributed by atoms with Gasteiger partial charge in [0.1, 0.15) is 11.2 Å². The Balaban J connectivity index is 1.19. The van der Waals surface area contributed by atoms with E-state index in [1.807, 2.05) is 18.2 Å². The fourth-order valence-corrected chi connectivity index (χ4v) is 8.76. The number of hydrogen-bond donors (Lipinski definition) is 0. The Kier molecular flexibility index (Phi) is 6.86. The predicted molar refractivity (Wildman–Crippen MR) is 234 cm³/mol. The highest BCUT2D eigenvalue weighted by Crippen LogP contribution is 2.42. The summed E-state index contributed by atoms with van der Waals surface area (Å²) in [5.41, 5.74) is 13.1. The third kappa shape index (κ3) is 4.89. The third-order valence-corrected chi connectivity index (χ3v) is 11.3. The Morgan fingerprint density at radius 3 is 1.61 bits per heavy atom. The molecule has 57 heavy (non-hydrogen) atoms. The number of para-hydroxylation sites is 3. The SMILES string of the molecule is c1ccc(-c2cccc(-n3c4ccccc4c4ccc5c6ccccc6n(-c6nc(-c7ccccc7)cc(-c7ccc8c(c7)oc7ccccc78)n6)c5c43)c2)cc1. The van der Waals surface area contributed by atoms with Crippen LogP contribution in [0.4, 0.5) is 0 Å². The molecule has 0 fully saturated rings. The van der Waals surface area contributed by atoms with Gasteiger partial charge in [-0.2, -0.15) is 0 Å². The molecule has 0 unspecified atom stereocenters. The Bertz CT molecular complexity index is 3520. The molecule has 0 aliphatic heterocycles. The van der Waals surface area contributed by atoms with Crippen LogP contribution < -0.4 is 0 Å². The van der Waals surface area contributed by atoms with Crippen LogP contribution in [0.1, 0.15) is 0 Å². The van der Waals surface area contributed by atoms with E-state index in [4.69, 9.17) is 14.4 Å². The van der Waals surface area contributed by atoms with E-state index in [0.717, 1.165) is 88.5 Å². The molecule has 0 aliphatic carbocycles. The number of benzene rings is 8. The van der Waals surface area contributed by atoms with Crippen LogP contribution in [0, 0.1) is 0 Å². The van der Waals surface area contributed by atoms with Crippen LogP contribution in [0.15, 0.2) is 199 Å². The quantitative estimate of drug-likeness (QED) is 0.177. The van der Waals surface area contributed by atoms with E-state index in [0.29, 0.717) is 5.95 Å². The van der Waals surface area contributed by atoms with Gasteiger partial charge in [0, 0.05) is 49.1 Å². The van der Waals surface area contributed by atoms with Crippen LogP contribution in [0.5, 0.6) is 0 Å². The Hall–Kier alpha value is -7.76. The standard InChI is InChI=1S/C52H32N4O/c1-3-14-33(15-4-1)35-18-13-19-37(30-35)55-46-23-10-7-20-38(46)42-28-29-43-39-21-8-11-24-47(39)56(51(43)50(42)55)52-53-44(34-16-5-2-6-17-34)32-45(54-52)36-26-27-41-40-22-9-12-25-48(40)57-49(41)31-36/h1-32H. The number of nitrogens with zero attached hydrogens (tertiary/aromatic N) is 4. The van der Waals surface area contributed by atoms with Crippen LogP contribution in [-0.4, -0.2) is 19.1 Å². The molecule has 5 nitrogen and oxygen atoms in total. The number of rotatable bonds is 5. The maximum atomic E-state index is 6.36. The number of hydrogen-bond acceptors (Lipinski definition) is 3. The molecule has 0 saturated carbocycles. The highest BCUT2D eigenvalue weighted by molar-refractivity contribution is 6.23. The smallest absolute Gasteiger partial charge is 0.235 e. The van der Waals surface area contributed by atoms with Gasteiger partial charge in [-0.1, -0.05) is 146 Å². The van der Waals surface area contributed by atoms with E-state index >= 15 is 0 Å². The fourth-order valence-electron chi connectivity index (χ4n) is 8.76. The molecule has 0 N–H and O–H groups in total. The lowest BCUT2D eigenvalue weighted by atomic mass is 10.1. The minimum absolute atomic E-state index is 0.601. The summed E-state index contributed by atoms with van der Waals surface area (Å²) in [6.45, 7) is 0. The lowest BCUT2D eigenvalue weighted by Crippen LogP contribution is -2.05. The van der Waals surface area contributed by atoms with Gasteiger partial charge in [-0.05, 0) is 59.7 Å². The summed E-state index contributed by atoms with van der Waals surface area (Å²) in [6.07, 6.45) is 0. The monoisotopic (exact) mass is 728 g/mol. The molecule has 12 aromatic rings. The van der Waals surface area contributed by atoms with Gasteiger partial charge in [0.2, 0.25) is 5.95 Å². The molecule has 0 amide bonds. The van der Waals surface area contributed by atoms with Crippen LogP contribution in [0.3, 0.4) is 0 Å². The molecule has 0 spiro atoms. The van der Waals surface area contributed by atoms with Crippen LogP contribution in [-0.2, 0) is 0 Å². The van der Waals surface area contributed by atoms with E-state index in [1.54, 1.807) is 0 Å². The Morgan fingerprint density at radius 1 is 0.333 bits per heavy atom. The summed E-state index contributed by atoms with van der Waals surface area (Å²) in [5.74, 6) is 0.601. The summed E-state index contributed by atoms with van der Waals surface area (Å²) in [4.78, 5) is 10.9. The first-order valence-corrected chi connectivity index (χ1v) is 19.2. The van der Waals surface area contributed by atoms with E-state index in [9.17, 15) is 0 Å². The number of fused-ring (bicyclic) bond motifs is 10. The molecule has 0 atom stereocenters. The van der Waals surface area contributed by atoms with Crippen molar-refractivity contribution in [3.8, 4) is 45.3 Å². The zero-order valence-electron chi connectivity index (χ0n) is 30.7. The Morgan fingerprint density at radius 2 is 0.877 bits per heavy atom. The predicted octanol–water partition coefficient (Wildman–Crippen LogP) is 13.6. The van der Waals surface area contributed by atoms with Crippen molar-refractivity contribution in [1.82, 2.24) is 19.1 Å². The van der Waals surface area contributed by atoms with Gasteiger partial charge < -0.3 is 8.98 Å². The van der Waals surface area contributed by atoms with Gasteiger partial charge >= 0.3 is 0 Å². The molecule has 0 saturated heterocycles. The van der Waals surface area contributed by atoms with Crippen molar-refractivity contribution in [1.29, 1.82) is 0 Å². The zero-order chi connectivity index (χ0) is 37.5. The summed E-state index contributed by atoms with van der Waals surface area (Å²) >= 11 is 0. The fraction of sp³-hybridized carbons (Fsp3) is 0. The van der Waals surface area contributed by atoms with Crippen molar-refractivity contribution in [2.75, 3.05) is 0 Å². The second-order valence-electron chi connectivity index (χ2n) is 14.6. The molecule has 4 heterocycles. The summed E-state index contributed by atoms with van der Waals surface area (Å²) in [7, 11) is 0. The van der Waals surface area contributed by atoms with Crippen LogP contribution in [0.2, 0.25) is 0 Å². The molecule has 266 valence electrons. The van der Waals surface area contributed by atoms with E-state index in [1.165, 1.54) is 16.3 Å². The van der Waals surface area contributed by atoms with Crippen molar-refractivity contribution in [3.05, 3.63) is 194 Å². The van der Waals surface area contributed by atoms with E-state index in [2.05, 4.69) is 185 Å². The Labute approximate surface area is 327 Å². The lowest BCUT2D eigenvalue weighted by molar-refractivity contribution is 0.669. The van der Waals surface area contributed by atoms with Crippen molar-refractivity contribution in [2.24, 2.45) is 0 Å². The van der Waals surface area contributed by atoms with Gasteiger partial charge in [0.05, 0.1) is 33.5 Å². The van der Waals surface area contributed by atoms with E-state index in [-0.39, 0.29) is 0 Å². The molecule has 4 aromatic heterocycles. The van der Waals surface area contributed by atoms with Crippen LogP contribution >= 0.6 is 0 Å². The largest absolute Gasteiger partial charge is 0.456 e. The number of aromatic nitrogens is 4. The molecule has 0 bridgehead atoms. The second-order valence-corrected chi connectivity index (χ2v) is 14.6. The van der Waals surface area contributed by atoms with Crippen LogP contribution in [0.25, 0.3) is 111 Å². The first-order valence-electron chi connectivity index (χ1n) is 19.2. The molecular weight excluding hydrogens is 697 g/mol. The maximum Gasteiger partial charge on any atom is 0.235 e. The van der Waals surface area contributed by atoms with Crippen molar-refractivity contribution < 1.29 is 4.42 Å². The van der Waals surface area contributed by atoms with Gasteiger partial charge in [-0.15, -0.1) is 0 Å². The van der Waals surface area contributed by atoms with Crippen molar-refractivity contribution >= 4 is 65.6 Å². The second kappa shape index (κ2) is 12.4. The van der Waals surface area contributed by atoms with Gasteiger partial charge in [-0.25, -0.2) is 9.97 Å². The lowest BCUT2D eigenvalue weighted by Gasteiger charge is -2.14. The average Bonchev–Trinajstić information content (AvgIpc) is 3.94. The van der Waals surface area contributed by atoms with Gasteiger partial charge in [0.15, 0.2) is 0 Å². The minimum atomic E-state index is 0.601. The minimum Gasteiger partial charge on any atom is -0.456 e. The first-order chi connectivity index (χ1) is 28.3. The molecule has 8 aromatic carbocycles. The van der Waals surface area contributed by atoms with Crippen molar-refractivity contribution in [3.63, 3.8) is 0 Å². The molecule has 5 heteroatoms. The topological polar surface area (TPSA) is 48.8 Å². The van der Waals surface area contributed by atoms with Crippen molar-refractivity contribution in [2.45, 2.75) is 0 Å². The van der Waals surface area contributed by atoms with E-state index < -0.39 is 0 Å². The van der Waals surface area contributed by atoms with Gasteiger partial charge in [-0.3, -0.25) is 4.57 Å². The summed E-state index contributed by atoms with van der Waals surface area (Å²) < 4.78 is 11.1. The van der Waals surface area contributed by atoms with Gasteiger partial charge in [0.25, 0.3) is 0 Å². The zero-order valence-corrected chi connectivity index (χ0v) is 30.7. The number of furan rings is 1. The highest BCUT2D eigenvalue weighted by atomic mass is 16.3. The summed E-state index contributed by atoms with van der Waals surface area (Å²) in [6, 6.07) is 68.4. The highest BCUT2D eigenvalue weighted by Gasteiger charge is 2.23. The normalized spacial score (nSPS) is 11.9. The summed E-state index contributed by atoms with van der Waals surface area (Å²) in [5, 5.41) is 6.83. The maximum absolute atomic E-state index is 6.36. The average molecular weight is 729 g/mol. The molecule has 12 rings (SSSR count).